The van der Waals surface area contributed by atoms with Crippen molar-refractivity contribution in [3.05, 3.63) is 0 Å². The molecule has 2 N–H and O–H groups in total. The third-order valence-corrected chi connectivity index (χ3v) is 2.29. The van der Waals surface area contributed by atoms with Crippen molar-refractivity contribution in [3.8, 4) is 0 Å². The van der Waals surface area contributed by atoms with Gasteiger partial charge in [-0.15, -0.1) is 0 Å². The van der Waals surface area contributed by atoms with Crippen LogP contribution in [0.3, 0.4) is 0 Å². The maximum atomic E-state index is 11.2. The third-order valence-electron chi connectivity index (χ3n) is 2.29. The molecule has 0 aromatic heterocycles. The number of alkyl carbamates (subject to hydrolysis) is 1. The number of hydrogen-bond donors (Lipinski definition) is 2. The summed E-state index contributed by atoms with van der Waals surface area (Å²) in [6, 6.07) is 0. The summed E-state index contributed by atoms with van der Waals surface area (Å²) < 4.78 is 4.82. The van der Waals surface area contributed by atoms with Crippen molar-refractivity contribution in [2.75, 3.05) is 6.61 Å². The quantitative estimate of drug-likeness (QED) is 0.665. The van der Waals surface area contributed by atoms with Gasteiger partial charge >= 0.3 is 12.1 Å². The number of ether oxygens (including phenoxy) is 1. The molecule has 5 nitrogen and oxygen atoms in total. The molecule has 1 unspecified atom stereocenters. The minimum Gasteiger partial charge on any atom is -0.480 e. The maximum absolute atomic E-state index is 11.2. The molecule has 0 aliphatic heterocycles. The molecule has 1 amide bonds. The highest BCUT2D eigenvalue weighted by atomic mass is 16.5. The second-order valence-corrected chi connectivity index (χ2v) is 3.61. The zero-order chi connectivity index (χ0) is 11.9. The SMILES string of the molecule is CCCCOC(=O)NC(C)(CC)C(=O)O. The Balaban J connectivity index is 4.08. The monoisotopic (exact) mass is 217 g/mol. The normalized spacial score (nSPS) is 14.1. The van der Waals surface area contributed by atoms with E-state index in [1.807, 2.05) is 6.92 Å². The summed E-state index contributed by atoms with van der Waals surface area (Å²) in [6.07, 6.45) is 1.35. The number of amides is 1. The molecule has 0 heterocycles. The van der Waals surface area contributed by atoms with Gasteiger partial charge in [-0.2, -0.15) is 0 Å². The number of unbranched alkanes of at least 4 members (excludes halogenated alkanes) is 1. The van der Waals surface area contributed by atoms with Crippen LogP contribution in [0.15, 0.2) is 0 Å². The average molecular weight is 217 g/mol. The van der Waals surface area contributed by atoms with Gasteiger partial charge in [-0.05, 0) is 19.8 Å². The lowest BCUT2D eigenvalue weighted by atomic mass is 10.00. The number of rotatable bonds is 6. The maximum Gasteiger partial charge on any atom is 0.408 e. The Morgan fingerprint density at radius 2 is 2.00 bits per heavy atom. The van der Waals surface area contributed by atoms with E-state index in [0.717, 1.165) is 12.8 Å². The molecule has 1 atom stereocenters. The number of aliphatic carboxylic acids is 1. The topological polar surface area (TPSA) is 75.6 Å². The zero-order valence-corrected chi connectivity index (χ0v) is 9.50. The van der Waals surface area contributed by atoms with Crippen molar-refractivity contribution < 1.29 is 19.4 Å². The number of nitrogens with one attached hydrogen (secondary N) is 1. The van der Waals surface area contributed by atoms with Crippen LogP contribution in [-0.2, 0) is 9.53 Å². The Hall–Kier alpha value is -1.26. The smallest absolute Gasteiger partial charge is 0.408 e. The molecule has 15 heavy (non-hydrogen) atoms. The molecule has 88 valence electrons. The molecule has 0 saturated heterocycles. The van der Waals surface area contributed by atoms with Crippen LogP contribution in [0.4, 0.5) is 4.79 Å². The standard InChI is InChI=1S/C10H19NO4/c1-4-6-7-15-9(14)11-10(3,5-2)8(12)13/h4-7H2,1-3H3,(H,11,14)(H,12,13). The van der Waals surface area contributed by atoms with E-state index in [9.17, 15) is 9.59 Å². The fraction of sp³-hybridized carbons (Fsp3) is 0.800. The van der Waals surface area contributed by atoms with Crippen LogP contribution in [0.2, 0.25) is 0 Å². The highest BCUT2D eigenvalue weighted by Gasteiger charge is 2.33. The molecule has 0 saturated carbocycles. The molecule has 0 bridgehead atoms. The lowest BCUT2D eigenvalue weighted by molar-refractivity contribution is -0.144. The molecule has 0 rings (SSSR count). The van der Waals surface area contributed by atoms with Crippen LogP contribution in [0.1, 0.15) is 40.0 Å². The fourth-order valence-electron chi connectivity index (χ4n) is 0.864. The Morgan fingerprint density at radius 1 is 1.40 bits per heavy atom. The van der Waals surface area contributed by atoms with E-state index in [2.05, 4.69) is 5.32 Å². The second kappa shape index (κ2) is 6.27. The van der Waals surface area contributed by atoms with E-state index in [0.29, 0.717) is 13.0 Å². The van der Waals surface area contributed by atoms with Gasteiger partial charge in [0.15, 0.2) is 0 Å². The number of carboxylic acids is 1. The fourth-order valence-corrected chi connectivity index (χ4v) is 0.864. The Labute approximate surface area is 89.8 Å². The number of hydrogen-bond acceptors (Lipinski definition) is 3. The van der Waals surface area contributed by atoms with Crippen LogP contribution in [0, 0.1) is 0 Å². The second-order valence-electron chi connectivity index (χ2n) is 3.61. The van der Waals surface area contributed by atoms with Gasteiger partial charge < -0.3 is 15.2 Å². The zero-order valence-electron chi connectivity index (χ0n) is 9.50. The van der Waals surface area contributed by atoms with Gasteiger partial charge in [0, 0.05) is 0 Å². The average Bonchev–Trinajstić information content (AvgIpc) is 2.17. The van der Waals surface area contributed by atoms with Crippen molar-refractivity contribution in [2.24, 2.45) is 0 Å². The summed E-state index contributed by atoms with van der Waals surface area (Å²) in [7, 11) is 0. The van der Waals surface area contributed by atoms with Crippen molar-refractivity contribution in [1.29, 1.82) is 0 Å². The summed E-state index contributed by atoms with van der Waals surface area (Å²) >= 11 is 0. The number of carboxylic acid groups (broad SMARTS) is 1. The largest absolute Gasteiger partial charge is 0.480 e. The number of carbonyl (C=O) groups excluding carboxylic acids is 1. The van der Waals surface area contributed by atoms with Crippen molar-refractivity contribution in [2.45, 2.75) is 45.6 Å². The van der Waals surface area contributed by atoms with E-state index in [-0.39, 0.29) is 0 Å². The van der Waals surface area contributed by atoms with Crippen molar-refractivity contribution in [3.63, 3.8) is 0 Å². The van der Waals surface area contributed by atoms with Gasteiger partial charge in [0.2, 0.25) is 0 Å². The first kappa shape index (κ1) is 13.7. The summed E-state index contributed by atoms with van der Waals surface area (Å²) in [6.45, 7) is 5.45. The first-order valence-electron chi connectivity index (χ1n) is 5.14. The van der Waals surface area contributed by atoms with Gasteiger partial charge in [0.1, 0.15) is 5.54 Å². The van der Waals surface area contributed by atoms with Gasteiger partial charge in [0.05, 0.1) is 6.61 Å². The number of carbonyl (C=O) groups is 2. The highest BCUT2D eigenvalue weighted by molar-refractivity contribution is 5.83. The molecule has 0 fully saturated rings. The first-order chi connectivity index (χ1) is 6.96. The van der Waals surface area contributed by atoms with Gasteiger partial charge in [0.25, 0.3) is 0 Å². The first-order valence-corrected chi connectivity index (χ1v) is 5.14. The minimum atomic E-state index is -1.25. The van der Waals surface area contributed by atoms with E-state index in [1.54, 1.807) is 6.92 Å². The Kier molecular flexibility index (Phi) is 5.74. The van der Waals surface area contributed by atoms with E-state index in [1.165, 1.54) is 6.92 Å². The lowest BCUT2D eigenvalue weighted by Gasteiger charge is -2.23. The molecule has 0 aliphatic carbocycles. The summed E-state index contributed by atoms with van der Waals surface area (Å²) in [4.78, 5) is 22.0. The Bertz CT molecular complexity index is 229. The summed E-state index contributed by atoms with van der Waals surface area (Å²) in [5, 5.41) is 11.2. The van der Waals surface area contributed by atoms with Crippen LogP contribution in [0.5, 0.6) is 0 Å². The van der Waals surface area contributed by atoms with E-state index >= 15 is 0 Å². The predicted octanol–water partition coefficient (Wildman–Crippen LogP) is 1.77. The molecule has 0 aliphatic rings. The Morgan fingerprint density at radius 3 is 2.40 bits per heavy atom. The highest BCUT2D eigenvalue weighted by Crippen LogP contribution is 2.09. The van der Waals surface area contributed by atoms with Crippen molar-refractivity contribution in [1.82, 2.24) is 5.32 Å². The van der Waals surface area contributed by atoms with Crippen LogP contribution >= 0.6 is 0 Å². The van der Waals surface area contributed by atoms with E-state index < -0.39 is 17.6 Å². The van der Waals surface area contributed by atoms with Crippen molar-refractivity contribution >= 4 is 12.1 Å². The molecule has 0 aromatic carbocycles. The van der Waals surface area contributed by atoms with Gasteiger partial charge in [-0.1, -0.05) is 20.3 Å². The molecular weight excluding hydrogens is 198 g/mol. The lowest BCUT2D eigenvalue weighted by Crippen LogP contribution is -2.51. The third kappa shape index (κ3) is 4.67. The summed E-state index contributed by atoms with van der Waals surface area (Å²) in [5.74, 6) is -1.06. The van der Waals surface area contributed by atoms with Gasteiger partial charge in [-0.3, -0.25) is 0 Å². The predicted molar refractivity (Wildman–Crippen MR) is 55.7 cm³/mol. The van der Waals surface area contributed by atoms with Crippen LogP contribution in [-0.4, -0.2) is 29.3 Å². The molecular formula is C10H19NO4. The molecule has 0 aromatic rings. The minimum absolute atomic E-state index is 0.311. The molecule has 0 radical (unpaired) electrons. The van der Waals surface area contributed by atoms with Gasteiger partial charge in [-0.25, -0.2) is 9.59 Å². The molecule has 5 heteroatoms. The molecule has 0 spiro atoms. The van der Waals surface area contributed by atoms with Crippen LogP contribution in [0.25, 0.3) is 0 Å². The van der Waals surface area contributed by atoms with Crippen LogP contribution < -0.4 is 5.32 Å². The summed E-state index contributed by atoms with van der Waals surface area (Å²) in [5.41, 5.74) is -1.25. The van der Waals surface area contributed by atoms with E-state index in [4.69, 9.17) is 9.84 Å².